The molecule has 1 aromatic rings. The van der Waals surface area contributed by atoms with Crippen LogP contribution in [0.25, 0.3) is 0 Å². The lowest BCUT2D eigenvalue weighted by Crippen LogP contribution is -2.31. The molecule has 0 N–H and O–H groups in total. The highest BCUT2D eigenvalue weighted by atomic mass is 16.7. The number of ether oxygens (including phenoxy) is 2. The van der Waals surface area contributed by atoms with E-state index in [2.05, 4.69) is 55.5 Å². The fourth-order valence-corrected chi connectivity index (χ4v) is 3.54. The van der Waals surface area contributed by atoms with E-state index < -0.39 is 5.79 Å². The summed E-state index contributed by atoms with van der Waals surface area (Å²) >= 11 is 0. The Labute approximate surface area is 137 Å². The molecule has 0 radical (unpaired) electrons. The second-order valence-electron chi connectivity index (χ2n) is 6.07. The van der Waals surface area contributed by atoms with Crippen LogP contribution in [0.1, 0.15) is 18.9 Å². The molecular weight excluding hydrogens is 284 g/mol. The molecule has 2 aliphatic carbocycles. The number of hydrogen-bond donors (Lipinski definition) is 0. The first-order chi connectivity index (χ1) is 11.3. The zero-order valence-corrected chi connectivity index (χ0v) is 13.3. The van der Waals surface area contributed by atoms with E-state index in [1.807, 2.05) is 18.2 Å². The van der Waals surface area contributed by atoms with Gasteiger partial charge in [0.15, 0.2) is 0 Å². The third-order valence-electron chi connectivity index (χ3n) is 4.55. The summed E-state index contributed by atoms with van der Waals surface area (Å²) in [7, 11) is 0. The van der Waals surface area contributed by atoms with Crippen LogP contribution >= 0.6 is 0 Å². The predicted molar refractivity (Wildman–Crippen MR) is 91.8 cm³/mol. The molecule has 23 heavy (non-hydrogen) atoms. The highest BCUT2D eigenvalue weighted by Crippen LogP contribution is 2.46. The first-order valence-electron chi connectivity index (χ1n) is 8.09. The van der Waals surface area contributed by atoms with Gasteiger partial charge in [0.1, 0.15) is 0 Å². The summed E-state index contributed by atoms with van der Waals surface area (Å²) in [6, 6.07) is 10.3. The van der Waals surface area contributed by atoms with Gasteiger partial charge in [-0.3, -0.25) is 0 Å². The Hall–Kier alpha value is -2.16. The molecule has 3 aliphatic rings. The fourth-order valence-electron chi connectivity index (χ4n) is 3.54. The Bertz CT molecular complexity index is 754. The van der Waals surface area contributed by atoms with E-state index in [0.29, 0.717) is 13.2 Å². The van der Waals surface area contributed by atoms with Crippen LogP contribution in [0.2, 0.25) is 0 Å². The smallest absolute Gasteiger partial charge is 0.223 e. The highest BCUT2D eigenvalue weighted by molar-refractivity contribution is 5.55. The molecule has 2 nitrogen and oxygen atoms in total. The molecule has 1 aromatic carbocycles. The van der Waals surface area contributed by atoms with E-state index >= 15 is 0 Å². The summed E-state index contributed by atoms with van der Waals surface area (Å²) in [5, 5.41) is 0. The Morgan fingerprint density at radius 3 is 2.43 bits per heavy atom. The number of hydrogen-bond acceptors (Lipinski definition) is 2. The summed E-state index contributed by atoms with van der Waals surface area (Å²) in [6.07, 6.45) is 13.8. The van der Waals surface area contributed by atoms with Gasteiger partial charge in [0, 0.05) is 11.1 Å². The van der Waals surface area contributed by atoms with Crippen LogP contribution in [0, 0.1) is 0 Å². The van der Waals surface area contributed by atoms with Gasteiger partial charge in [-0.1, -0.05) is 66.8 Å². The first-order valence-corrected chi connectivity index (χ1v) is 8.09. The zero-order chi connectivity index (χ0) is 15.7. The maximum absolute atomic E-state index is 6.23. The average molecular weight is 304 g/mol. The van der Waals surface area contributed by atoms with Crippen molar-refractivity contribution in [1.29, 1.82) is 0 Å². The topological polar surface area (TPSA) is 18.5 Å². The number of benzene rings is 1. The third kappa shape index (κ3) is 2.44. The first kappa shape index (κ1) is 14.4. The lowest BCUT2D eigenvalue weighted by atomic mass is 9.86. The summed E-state index contributed by atoms with van der Waals surface area (Å²) in [6.45, 7) is 3.37. The van der Waals surface area contributed by atoms with Gasteiger partial charge in [-0.2, -0.15) is 0 Å². The SMILES string of the molecule is CC1=C(C2(c3ccccc3)OCCO2)C2=CC=CC=C(C=C1)C2. The zero-order valence-electron chi connectivity index (χ0n) is 13.3. The number of fused-ring (bicyclic) bond motifs is 2. The summed E-state index contributed by atoms with van der Waals surface area (Å²) in [5.74, 6) is -0.796. The van der Waals surface area contributed by atoms with Crippen LogP contribution in [-0.2, 0) is 15.3 Å². The standard InChI is InChI=1S/C21H20O2/c1-16-11-12-17-7-5-6-8-18(15-17)20(16)21(22-13-14-23-21)19-9-3-2-4-10-19/h2-12H,13-15H2,1H3. The van der Waals surface area contributed by atoms with Crippen molar-refractivity contribution < 1.29 is 9.47 Å². The lowest BCUT2D eigenvalue weighted by Gasteiger charge is -2.33. The number of rotatable bonds is 2. The third-order valence-corrected chi connectivity index (χ3v) is 4.55. The van der Waals surface area contributed by atoms with E-state index in [4.69, 9.17) is 9.47 Å². The van der Waals surface area contributed by atoms with E-state index in [0.717, 1.165) is 17.6 Å². The van der Waals surface area contributed by atoms with Crippen LogP contribution in [0.5, 0.6) is 0 Å². The molecule has 0 saturated carbocycles. The van der Waals surface area contributed by atoms with Gasteiger partial charge in [-0.05, 0) is 30.1 Å². The van der Waals surface area contributed by atoms with Crippen LogP contribution in [-0.4, -0.2) is 13.2 Å². The Balaban J connectivity index is 1.92. The molecule has 0 atom stereocenters. The molecule has 0 amide bonds. The van der Waals surface area contributed by atoms with Crippen LogP contribution < -0.4 is 0 Å². The van der Waals surface area contributed by atoms with Crippen molar-refractivity contribution in [2.75, 3.05) is 13.2 Å². The predicted octanol–water partition coefficient (Wildman–Crippen LogP) is 4.59. The molecule has 0 spiro atoms. The van der Waals surface area contributed by atoms with Gasteiger partial charge < -0.3 is 9.47 Å². The van der Waals surface area contributed by atoms with E-state index in [1.54, 1.807) is 0 Å². The van der Waals surface area contributed by atoms with E-state index in [9.17, 15) is 0 Å². The monoisotopic (exact) mass is 304 g/mol. The van der Waals surface area contributed by atoms with Gasteiger partial charge in [-0.15, -0.1) is 0 Å². The van der Waals surface area contributed by atoms with Crippen LogP contribution in [0.3, 0.4) is 0 Å². The Kier molecular flexibility index (Phi) is 3.64. The summed E-state index contributed by atoms with van der Waals surface area (Å²) in [5.41, 5.74) is 5.97. The summed E-state index contributed by atoms with van der Waals surface area (Å²) in [4.78, 5) is 0. The highest BCUT2D eigenvalue weighted by Gasteiger charge is 2.44. The maximum Gasteiger partial charge on any atom is 0.223 e. The Morgan fingerprint density at radius 2 is 1.65 bits per heavy atom. The van der Waals surface area contributed by atoms with Crippen molar-refractivity contribution in [3.8, 4) is 0 Å². The van der Waals surface area contributed by atoms with Crippen LogP contribution in [0.15, 0.2) is 89.1 Å². The minimum atomic E-state index is -0.796. The molecule has 2 bridgehead atoms. The van der Waals surface area contributed by atoms with Crippen molar-refractivity contribution in [2.24, 2.45) is 0 Å². The second kappa shape index (κ2) is 5.80. The quantitative estimate of drug-likeness (QED) is 0.796. The van der Waals surface area contributed by atoms with Gasteiger partial charge >= 0.3 is 0 Å². The fraction of sp³-hybridized carbons (Fsp3) is 0.238. The second-order valence-corrected chi connectivity index (χ2v) is 6.07. The minimum absolute atomic E-state index is 0.612. The minimum Gasteiger partial charge on any atom is -0.340 e. The van der Waals surface area contributed by atoms with Gasteiger partial charge in [0.25, 0.3) is 0 Å². The molecule has 1 aliphatic heterocycles. The molecule has 1 saturated heterocycles. The largest absolute Gasteiger partial charge is 0.340 e. The molecular formula is C21H20O2. The van der Waals surface area contributed by atoms with Crippen molar-refractivity contribution >= 4 is 0 Å². The number of allylic oxidation sites excluding steroid dienone is 8. The van der Waals surface area contributed by atoms with E-state index in [1.165, 1.54) is 16.7 Å². The van der Waals surface area contributed by atoms with Gasteiger partial charge in [0.05, 0.1) is 13.2 Å². The van der Waals surface area contributed by atoms with Crippen LogP contribution in [0.4, 0.5) is 0 Å². The molecule has 4 rings (SSSR count). The van der Waals surface area contributed by atoms with Gasteiger partial charge in [0.2, 0.25) is 5.79 Å². The average Bonchev–Trinajstić information content (AvgIpc) is 2.88. The van der Waals surface area contributed by atoms with Crippen molar-refractivity contribution in [3.63, 3.8) is 0 Å². The van der Waals surface area contributed by atoms with E-state index in [-0.39, 0.29) is 0 Å². The molecule has 0 aromatic heterocycles. The van der Waals surface area contributed by atoms with Crippen molar-refractivity contribution in [1.82, 2.24) is 0 Å². The normalized spacial score (nSPS) is 22.5. The molecule has 0 unspecified atom stereocenters. The maximum atomic E-state index is 6.23. The molecule has 2 heteroatoms. The van der Waals surface area contributed by atoms with Crippen molar-refractivity contribution in [2.45, 2.75) is 19.1 Å². The molecule has 1 fully saturated rings. The van der Waals surface area contributed by atoms with Crippen molar-refractivity contribution in [3.05, 3.63) is 94.6 Å². The molecule has 116 valence electrons. The lowest BCUT2D eigenvalue weighted by molar-refractivity contribution is -0.132. The summed E-state index contributed by atoms with van der Waals surface area (Å²) < 4.78 is 12.5. The van der Waals surface area contributed by atoms with Gasteiger partial charge in [-0.25, -0.2) is 0 Å². The Morgan fingerprint density at radius 1 is 0.913 bits per heavy atom. The molecule has 1 heterocycles.